The van der Waals surface area contributed by atoms with E-state index in [4.69, 9.17) is 5.73 Å². The van der Waals surface area contributed by atoms with Crippen LogP contribution < -0.4 is 16.4 Å². The maximum atomic E-state index is 12.5. The number of ketones is 1. The molecule has 3 aromatic rings. The minimum Gasteiger partial charge on any atom is -0.397 e. The van der Waals surface area contributed by atoms with Crippen molar-refractivity contribution in [3.8, 4) is 0 Å². The van der Waals surface area contributed by atoms with Crippen LogP contribution >= 0.6 is 0 Å². The van der Waals surface area contributed by atoms with Gasteiger partial charge < -0.3 is 16.4 Å². The van der Waals surface area contributed by atoms with E-state index in [0.29, 0.717) is 53.9 Å². The summed E-state index contributed by atoms with van der Waals surface area (Å²) >= 11 is 0. The van der Waals surface area contributed by atoms with E-state index in [1.54, 1.807) is 42.5 Å². The first-order valence-corrected chi connectivity index (χ1v) is 10.5. The van der Waals surface area contributed by atoms with Crippen molar-refractivity contribution in [2.45, 2.75) is 32.1 Å². The molecule has 0 fully saturated rings. The average molecular weight is 431 g/mol. The number of pyridine rings is 1. The number of nitrogens with two attached hydrogens (primary N) is 1. The summed E-state index contributed by atoms with van der Waals surface area (Å²) in [7, 11) is 0. The zero-order chi connectivity index (χ0) is 22.8. The van der Waals surface area contributed by atoms with E-state index in [0.717, 1.165) is 6.42 Å². The van der Waals surface area contributed by atoms with Crippen LogP contribution in [-0.4, -0.2) is 22.6 Å². The molecule has 32 heavy (non-hydrogen) atoms. The number of para-hydroxylation sites is 2. The first-order chi connectivity index (χ1) is 15.5. The number of hydrogen-bond acceptors (Lipinski definition) is 5. The Balaban J connectivity index is 1.38. The molecule has 0 aliphatic rings. The van der Waals surface area contributed by atoms with Gasteiger partial charge in [0.25, 0.3) is 0 Å². The monoisotopic (exact) mass is 430 g/mol. The quantitative estimate of drug-likeness (QED) is 0.250. The van der Waals surface area contributed by atoms with Gasteiger partial charge in [0.05, 0.1) is 23.3 Å². The molecular formula is C25H26N4O3. The predicted octanol–water partition coefficient (Wildman–Crippen LogP) is 4.42. The number of carbonyl (C=O) groups is 3. The summed E-state index contributed by atoms with van der Waals surface area (Å²) in [6.07, 6.45) is 5.76. The van der Waals surface area contributed by atoms with Gasteiger partial charge in [0.1, 0.15) is 0 Å². The Morgan fingerprint density at radius 1 is 0.750 bits per heavy atom. The second-order valence-corrected chi connectivity index (χ2v) is 7.40. The number of anilines is 3. The van der Waals surface area contributed by atoms with Crippen molar-refractivity contribution in [2.75, 3.05) is 16.4 Å². The molecule has 0 saturated heterocycles. The van der Waals surface area contributed by atoms with Crippen molar-refractivity contribution >= 4 is 34.7 Å². The fourth-order valence-electron chi connectivity index (χ4n) is 3.18. The number of nitrogens with zero attached hydrogens (tertiary/aromatic N) is 1. The van der Waals surface area contributed by atoms with Crippen LogP contribution in [0.1, 0.15) is 48.0 Å². The van der Waals surface area contributed by atoms with Gasteiger partial charge in [0, 0.05) is 30.2 Å². The molecule has 164 valence electrons. The summed E-state index contributed by atoms with van der Waals surface area (Å²) in [5.41, 5.74) is 8.42. The van der Waals surface area contributed by atoms with Gasteiger partial charge in [-0.1, -0.05) is 48.9 Å². The average Bonchev–Trinajstić information content (AvgIpc) is 2.80. The SMILES string of the molecule is Nc1ccccc1NC(=O)CCCCCC(=O)Nc1cncc(C(=O)c2ccccc2)c1. The highest BCUT2D eigenvalue weighted by Crippen LogP contribution is 2.18. The zero-order valence-corrected chi connectivity index (χ0v) is 17.7. The van der Waals surface area contributed by atoms with Gasteiger partial charge in [-0.25, -0.2) is 0 Å². The number of benzene rings is 2. The third kappa shape index (κ3) is 6.77. The Morgan fingerprint density at radius 2 is 1.41 bits per heavy atom. The zero-order valence-electron chi connectivity index (χ0n) is 17.7. The van der Waals surface area contributed by atoms with Crippen LogP contribution in [0.15, 0.2) is 73.1 Å². The Morgan fingerprint density at radius 3 is 2.12 bits per heavy atom. The topological polar surface area (TPSA) is 114 Å². The molecule has 0 radical (unpaired) electrons. The van der Waals surface area contributed by atoms with E-state index in [9.17, 15) is 14.4 Å². The maximum absolute atomic E-state index is 12.5. The minimum absolute atomic E-state index is 0.0988. The summed E-state index contributed by atoms with van der Waals surface area (Å²) in [5, 5.41) is 5.57. The maximum Gasteiger partial charge on any atom is 0.224 e. The van der Waals surface area contributed by atoms with Crippen LogP contribution in [-0.2, 0) is 9.59 Å². The number of hydrogen-bond donors (Lipinski definition) is 3. The molecular weight excluding hydrogens is 404 g/mol. The van der Waals surface area contributed by atoms with E-state index >= 15 is 0 Å². The van der Waals surface area contributed by atoms with E-state index in [1.807, 2.05) is 18.2 Å². The molecule has 0 aliphatic carbocycles. The molecule has 2 aromatic carbocycles. The molecule has 3 rings (SSSR count). The van der Waals surface area contributed by atoms with Crippen LogP contribution in [0.4, 0.5) is 17.1 Å². The molecule has 0 saturated carbocycles. The van der Waals surface area contributed by atoms with Gasteiger partial charge in [0.15, 0.2) is 5.78 Å². The lowest BCUT2D eigenvalue weighted by atomic mass is 10.0. The number of amides is 2. The van der Waals surface area contributed by atoms with Crippen molar-refractivity contribution in [1.29, 1.82) is 0 Å². The third-order valence-electron chi connectivity index (χ3n) is 4.86. The first-order valence-electron chi connectivity index (χ1n) is 10.5. The van der Waals surface area contributed by atoms with Crippen LogP contribution in [0.2, 0.25) is 0 Å². The Hall–Kier alpha value is -4.00. The van der Waals surface area contributed by atoms with Crippen LogP contribution in [0.25, 0.3) is 0 Å². The lowest BCUT2D eigenvalue weighted by molar-refractivity contribution is -0.116. The Labute approximate surface area is 187 Å². The fraction of sp³-hybridized carbons (Fsp3) is 0.200. The number of rotatable bonds is 10. The Bertz CT molecular complexity index is 1080. The number of unbranched alkanes of at least 4 members (excludes halogenated alkanes) is 2. The molecule has 0 unspecified atom stereocenters. The van der Waals surface area contributed by atoms with Gasteiger partial charge in [0.2, 0.25) is 11.8 Å². The minimum atomic E-state index is -0.155. The van der Waals surface area contributed by atoms with E-state index in [-0.39, 0.29) is 17.6 Å². The molecule has 0 spiro atoms. The largest absolute Gasteiger partial charge is 0.397 e. The number of nitrogens with one attached hydrogen (secondary N) is 2. The summed E-state index contributed by atoms with van der Waals surface area (Å²) in [4.78, 5) is 40.8. The van der Waals surface area contributed by atoms with Gasteiger partial charge in [-0.05, 0) is 31.0 Å². The van der Waals surface area contributed by atoms with Crippen molar-refractivity contribution in [3.05, 3.63) is 84.2 Å². The van der Waals surface area contributed by atoms with Crippen molar-refractivity contribution < 1.29 is 14.4 Å². The number of nitrogen functional groups attached to an aromatic ring is 1. The standard InChI is InChI=1S/C25H26N4O3/c26-21-11-7-8-12-22(21)29-24(31)14-6-2-5-13-23(30)28-20-15-19(16-27-17-20)25(32)18-9-3-1-4-10-18/h1,3-4,7-12,15-17H,2,5-6,13-14,26H2,(H,28,30)(H,29,31). The van der Waals surface area contributed by atoms with Crippen LogP contribution in [0.3, 0.4) is 0 Å². The lowest BCUT2D eigenvalue weighted by Gasteiger charge is -2.08. The number of carbonyl (C=O) groups excluding carboxylic acids is 3. The van der Waals surface area contributed by atoms with Crippen LogP contribution in [0.5, 0.6) is 0 Å². The molecule has 1 aromatic heterocycles. The number of aromatic nitrogens is 1. The molecule has 0 bridgehead atoms. The summed E-state index contributed by atoms with van der Waals surface area (Å²) in [5.74, 6) is -0.402. The van der Waals surface area contributed by atoms with Gasteiger partial charge in [-0.2, -0.15) is 0 Å². The highest BCUT2D eigenvalue weighted by molar-refractivity contribution is 6.09. The molecule has 4 N–H and O–H groups in total. The lowest BCUT2D eigenvalue weighted by Crippen LogP contribution is -2.13. The molecule has 7 heteroatoms. The first kappa shape index (κ1) is 22.7. The van der Waals surface area contributed by atoms with E-state index in [2.05, 4.69) is 15.6 Å². The van der Waals surface area contributed by atoms with Crippen molar-refractivity contribution in [3.63, 3.8) is 0 Å². The molecule has 1 heterocycles. The highest BCUT2D eigenvalue weighted by Gasteiger charge is 2.11. The molecule has 2 amide bonds. The van der Waals surface area contributed by atoms with Crippen molar-refractivity contribution in [2.24, 2.45) is 0 Å². The van der Waals surface area contributed by atoms with Crippen LogP contribution in [0, 0.1) is 0 Å². The second kappa shape index (κ2) is 11.4. The predicted molar refractivity (Wildman–Crippen MR) is 125 cm³/mol. The van der Waals surface area contributed by atoms with Gasteiger partial charge in [-0.15, -0.1) is 0 Å². The molecule has 0 aliphatic heterocycles. The summed E-state index contributed by atoms with van der Waals surface area (Å²) in [6, 6.07) is 17.7. The van der Waals surface area contributed by atoms with E-state index in [1.165, 1.54) is 12.4 Å². The smallest absolute Gasteiger partial charge is 0.224 e. The summed E-state index contributed by atoms with van der Waals surface area (Å²) in [6.45, 7) is 0. The summed E-state index contributed by atoms with van der Waals surface area (Å²) < 4.78 is 0. The molecule has 7 nitrogen and oxygen atoms in total. The van der Waals surface area contributed by atoms with Gasteiger partial charge in [-0.3, -0.25) is 19.4 Å². The normalized spacial score (nSPS) is 10.4. The Kier molecular flexibility index (Phi) is 8.09. The molecule has 0 atom stereocenters. The van der Waals surface area contributed by atoms with Crippen molar-refractivity contribution in [1.82, 2.24) is 4.98 Å². The highest BCUT2D eigenvalue weighted by atomic mass is 16.2. The fourth-order valence-corrected chi connectivity index (χ4v) is 3.18. The third-order valence-corrected chi connectivity index (χ3v) is 4.86. The second-order valence-electron chi connectivity index (χ2n) is 7.40. The van der Waals surface area contributed by atoms with Gasteiger partial charge >= 0.3 is 0 Å². The van der Waals surface area contributed by atoms with E-state index < -0.39 is 0 Å².